The third-order valence-corrected chi connectivity index (χ3v) is 4.67. The van der Waals surface area contributed by atoms with E-state index in [4.69, 9.17) is 0 Å². The predicted octanol–water partition coefficient (Wildman–Crippen LogP) is 2.23. The predicted molar refractivity (Wildman–Crippen MR) is 92.9 cm³/mol. The van der Waals surface area contributed by atoms with E-state index in [0.29, 0.717) is 17.9 Å². The molecule has 25 heavy (non-hydrogen) atoms. The lowest BCUT2D eigenvalue weighted by Gasteiger charge is -2.32. The second-order valence-corrected chi connectivity index (χ2v) is 6.37. The van der Waals surface area contributed by atoms with E-state index in [2.05, 4.69) is 20.2 Å². The molecule has 0 aromatic carbocycles. The summed E-state index contributed by atoms with van der Waals surface area (Å²) in [5, 5.41) is 7.09. The molecule has 3 aromatic rings. The van der Waals surface area contributed by atoms with E-state index in [0.717, 1.165) is 30.9 Å². The fourth-order valence-electron chi connectivity index (χ4n) is 3.39. The maximum atomic E-state index is 12.9. The third kappa shape index (κ3) is 3.05. The van der Waals surface area contributed by atoms with Gasteiger partial charge in [0.2, 0.25) is 0 Å². The molecular formula is C18H20N6O. The van der Waals surface area contributed by atoms with Crippen LogP contribution in [0.2, 0.25) is 0 Å². The molecule has 4 heterocycles. The molecule has 7 heteroatoms. The largest absolute Gasteiger partial charge is 0.338 e. The van der Waals surface area contributed by atoms with E-state index in [1.165, 1.54) is 0 Å². The first-order valence-corrected chi connectivity index (χ1v) is 8.45. The smallest absolute Gasteiger partial charge is 0.271 e. The van der Waals surface area contributed by atoms with Crippen LogP contribution in [0.3, 0.4) is 0 Å². The van der Waals surface area contributed by atoms with Crippen molar-refractivity contribution in [2.24, 2.45) is 7.05 Å². The Balaban J connectivity index is 1.51. The number of pyridine rings is 1. The van der Waals surface area contributed by atoms with Gasteiger partial charge in [-0.25, -0.2) is 4.98 Å². The molecular weight excluding hydrogens is 316 g/mol. The number of H-pyrrole nitrogens is 1. The first-order valence-electron chi connectivity index (χ1n) is 8.45. The summed E-state index contributed by atoms with van der Waals surface area (Å²) >= 11 is 0. The minimum Gasteiger partial charge on any atom is -0.338 e. The molecule has 1 fully saturated rings. The highest BCUT2D eigenvalue weighted by atomic mass is 16.2. The number of likely N-dealkylation sites (tertiary alicyclic amines) is 1. The Hall–Kier alpha value is -2.96. The SMILES string of the molecule is Cn1ccnc1[C@H]1CCCN(C(=O)c2cc(-c3ccccn3)n[nH]2)C1. The lowest BCUT2D eigenvalue weighted by atomic mass is 9.97. The van der Waals surface area contributed by atoms with Gasteiger partial charge in [0.15, 0.2) is 0 Å². The molecule has 1 aliphatic rings. The zero-order valence-corrected chi connectivity index (χ0v) is 14.1. The lowest BCUT2D eigenvalue weighted by Crippen LogP contribution is -2.39. The number of hydrogen-bond acceptors (Lipinski definition) is 4. The average Bonchev–Trinajstić information content (AvgIpc) is 3.31. The van der Waals surface area contributed by atoms with Crippen LogP contribution in [0.25, 0.3) is 11.4 Å². The summed E-state index contributed by atoms with van der Waals surface area (Å²) in [6.07, 6.45) is 7.50. The first-order chi connectivity index (χ1) is 12.2. The maximum absolute atomic E-state index is 12.9. The van der Waals surface area contributed by atoms with E-state index in [9.17, 15) is 4.79 Å². The molecule has 1 N–H and O–H groups in total. The Morgan fingerprint density at radius 1 is 1.24 bits per heavy atom. The molecule has 1 aliphatic heterocycles. The number of carbonyl (C=O) groups is 1. The summed E-state index contributed by atoms with van der Waals surface area (Å²) in [7, 11) is 2.00. The number of aryl methyl sites for hydroxylation is 1. The monoisotopic (exact) mass is 336 g/mol. The van der Waals surface area contributed by atoms with Crippen molar-refractivity contribution in [3.8, 4) is 11.4 Å². The highest BCUT2D eigenvalue weighted by molar-refractivity contribution is 5.93. The Bertz CT molecular complexity index is 869. The molecule has 0 saturated carbocycles. The average molecular weight is 336 g/mol. The number of nitrogens with zero attached hydrogens (tertiary/aromatic N) is 5. The minimum atomic E-state index is -0.0198. The zero-order valence-electron chi connectivity index (χ0n) is 14.1. The van der Waals surface area contributed by atoms with Gasteiger partial charge in [-0.2, -0.15) is 5.10 Å². The molecule has 0 aliphatic carbocycles. The molecule has 1 atom stereocenters. The topological polar surface area (TPSA) is 79.7 Å². The number of hydrogen-bond donors (Lipinski definition) is 1. The van der Waals surface area contributed by atoms with E-state index in [1.807, 2.05) is 47.1 Å². The van der Waals surface area contributed by atoms with Gasteiger partial charge in [-0.05, 0) is 31.0 Å². The third-order valence-electron chi connectivity index (χ3n) is 4.67. The molecule has 0 spiro atoms. The van der Waals surface area contributed by atoms with Crippen molar-refractivity contribution in [1.29, 1.82) is 0 Å². The second kappa shape index (κ2) is 6.51. The normalized spacial score (nSPS) is 17.6. The highest BCUT2D eigenvalue weighted by Gasteiger charge is 2.28. The summed E-state index contributed by atoms with van der Waals surface area (Å²) in [5.74, 6) is 1.29. The van der Waals surface area contributed by atoms with Crippen LogP contribution in [0.1, 0.15) is 35.1 Å². The number of aromatic amines is 1. The zero-order chi connectivity index (χ0) is 17.2. The van der Waals surface area contributed by atoms with Gasteiger partial charge in [-0.3, -0.25) is 14.9 Å². The standard InChI is InChI=1S/C18H20N6O/c1-23-10-8-20-17(23)13-5-4-9-24(12-13)18(25)16-11-15(21-22-16)14-6-2-3-7-19-14/h2-3,6-8,10-11,13H,4-5,9,12H2,1H3,(H,21,22)/t13-/m0/s1. The van der Waals surface area contributed by atoms with Crippen LogP contribution in [0.4, 0.5) is 0 Å². The molecule has 0 radical (unpaired) electrons. The summed E-state index contributed by atoms with van der Waals surface area (Å²) < 4.78 is 2.04. The van der Waals surface area contributed by atoms with Crippen molar-refractivity contribution in [2.45, 2.75) is 18.8 Å². The summed E-state index contributed by atoms with van der Waals surface area (Å²) in [6, 6.07) is 7.41. The van der Waals surface area contributed by atoms with E-state index >= 15 is 0 Å². The summed E-state index contributed by atoms with van der Waals surface area (Å²) in [5.41, 5.74) is 1.94. The fraction of sp³-hybridized carbons (Fsp3) is 0.333. The summed E-state index contributed by atoms with van der Waals surface area (Å²) in [6.45, 7) is 1.44. The van der Waals surface area contributed by atoms with Crippen molar-refractivity contribution in [1.82, 2.24) is 29.6 Å². The Labute approximate surface area is 145 Å². The molecule has 3 aromatic heterocycles. The Morgan fingerprint density at radius 2 is 2.16 bits per heavy atom. The number of rotatable bonds is 3. The number of piperidine rings is 1. The van der Waals surface area contributed by atoms with Crippen molar-refractivity contribution in [3.05, 3.63) is 54.4 Å². The van der Waals surface area contributed by atoms with Crippen LogP contribution in [0.5, 0.6) is 0 Å². The van der Waals surface area contributed by atoms with Crippen LogP contribution in [0, 0.1) is 0 Å². The Kier molecular flexibility index (Phi) is 4.05. The van der Waals surface area contributed by atoms with E-state index < -0.39 is 0 Å². The van der Waals surface area contributed by atoms with Crippen molar-refractivity contribution in [3.63, 3.8) is 0 Å². The van der Waals surface area contributed by atoms with Crippen molar-refractivity contribution in [2.75, 3.05) is 13.1 Å². The molecule has 7 nitrogen and oxygen atoms in total. The number of carbonyl (C=O) groups excluding carboxylic acids is 1. The first kappa shape index (κ1) is 15.6. The number of amides is 1. The number of nitrogens with one attached hydrogen (secondary N) is 1. The summed E-state index contributed by atoms with van der Waals surface area (Å²) in [4.78, 5) is 23.5. The molecule has 0 unspecified atom stereocenters. The Morgan fingerprint density at radius 3 is 2.92 bits per heavy atom. The van der Waals surface area contributed by atoms with Crippen LogP contribution >= 0.6 is 0 Å². The van der Waals surface area contributed by atoms with Gasteiger partial charge in [-0.1, -0.05) is 6.07 Å². The van der Waals surface area contributed by atoms with Gasteiger partial charge in [0.1, 0.15) is 17.2 Å². The van der Waals surface area contributed by atoms with Gasteiger partial charge in [0.05, 0.1) is 5.69 Å². The minimum absolute atomic E-state index is 0.0198. The van der Waals surface area contributed by atoms with Gasteiger partial charge in [-0.15, -0.1) is 0 Å². The molecule has 1 amide bonds. The number of aromatic nitrogens is 5. The van der Waals surface area contributed by atoms with Gasteiger partial charge >= 0.3 is 0 Å². The fourth-order valence-corrected chi connectivity index (χ4v) is 3.39. The van der Waals surface area contributed by atoms with Crippen molar-refractivity contribution < 1.29 is 4.79 Å². The van der Waals surface area contributed by atoms with Crippen LogP contribution in [-0.4, -0.2) is 48.6 Å². The quantitative estimate of drug-likeness (QED) is 0.795. The van der Waals surface area contributed by atoms with Gasteiger partial charge in [0.25, 0.3) is 5.91 Å². The van der Waals surface area contributed by atoms with E-state index in [1.54, 1.807) is 12.3 Å². The van der Waals surface area contributed by atoms with Gasteiger partial charge in [0, 0.05) is 44.6 Å². The molecule has 128 valence electrons. The highest BCUT2D eigenvalue weighted by Crippen LogP contribution is 2.26. The van der Waals surface area contributed by atoms with Gasteiger partial charge < -0.3 is 9.47 Å². The molecule has 4 rings (SSSR count). The maximum Gasteiger partial charge on any atom is 0.271 e. The van der Waals surface area contributed by atoms with Crippen LogP contribution < -0.4 is 0 Å². The van der Waals surface area contributed by atoms with Crippen LogP contribution in [-0.2, 0) is 7.05 Å². The lowest BCUT2D eigenvalue weighted by molar-refractivity contribution is 0.0697. The number of imidazole rings is 1. The molecule has 0 bridgehead atoms. The second-order valence-electron chi connectivity index (χ2n) is 6.37. The molecule has 1 saturated heterocycles. The van der Waals surface area contributed by atoms with Crippen LogP contribution in [0.15, 0.2) is 42.9 Å². The van der Waals surface area contributed by atoms with E-state index in [-0.39, 0.29) is 11.8 Å². The van der Waals surface area contributed by atoms with Crippen molar-refractivity contribution >= 4 is 5.91 Å².